The second-order valence-electron chi connectivity index (χ2n) is 5.18. The lowest BCUT2D eigenvalue weighted by Gasteiger charge is -2.34. The summed E-state index contributed by atoms with van der Waals surface area (Å²) < 4.78 is 15.3. The SMILES string of the molecule is COC(CNC(=O)[C@H]1COCC(=O)N1Cc1ccccc1)OC. The molecule has 1 aromatic rings. The Labute approximate surface area is 135 Å². The monoisotopic (exact) mass is 322 g/mol. The maximum Gasteiger partial charge on any atom is 0.249 e. The van der Waals surface area contributed by atoms with Crippen LogP contribution in [-0.4, -0.2) is 63.0 Å². The van der Waals surface area contributed by atoms with Crippen molar-refractivity contribution in [1.82, 2.24) is 10.2 Å². The molecule has 2 rings (SSSR count). The number of morpholine rings is 1. The maximum absolute atomic E-state index is 12.4. The van der Waals surface area contributed by atoms with Crippen molar-refractivity contribution in [3.05, 3.63) is 35.9 Å². The third kappa shape index (κ3) is 4.75. The number of hydrogen-bond acceptors (Lipinski definition) is 5. The molecule has 0 spiro atoms. The molecular formula is C16H22N2O5. The summed E-state index contributed by atoms with van der Waals surface area (Å²) in [5.41, 5.74) is 0.965. The zero-order valence-electron chi connectivity index (χ0n) is 13.4. The molecular weight excluding hydrogens is 300 g/mol. The Morgan fingerprint density at radius 3 is 2.70 bits per heavy atom. The summed E-state index contributed by atoms with van der Waals surface area (Å²) in [7, 11) is 2.99. The van der Waals surface area contributed by atoms with Crippen LogP contribution < -0.4 is 5.32 Å². The number of nitrogens with one attached hydrogen (secondary N) is 1. The van der Waals surface area contributed by atoms with Crippen LogP contribution in [0.25, 0.3) is 0 Å². The molecule has 1 aliphatic rings. The minimum Gasteiger partial charge on any atom is -0.369 e. The fraction of sp³-hybridized carbons (Fsp3) is 0.500. The summed E-state index contributed by atoms with van der Waals surface area (Å²) >= 11 is 0. The molecule has 1 fully saturated rings. The van der Waals surface area contributed by atoms with Crippen LogP contribution in [0, 0.1) is 0 Å². The van der Waals surface area contributed by atoms with Crippen molar-refractivity contribution in [3.63, 3.8) is 0 Å². The molecule has 7 nitrogen and oxygen atoms in total. The van der Waals surface area contributed by atoms with Crippen LogP contribution in [0.4, 0.5) is 0 Å². The van der Waals surface area contributed by atoms with Crippen molar-refractivity contribution in [1.29, 1.82) is 0 Å². The molecule has 1 saturated heterocycles. The van der Waals surface area contributed by atoms with Crippen molar-refractivity contribution in [2.45, 2.75) is 18.9 Å². The van der Waals surface area contributed by atoms with Gasteiger partial charge >= 0.3 is 0 Å². The zero-order valence-corrected chi connectivity index (χ0v) is 13.4. The lowest BCUT2D eigenvalue weighted by atomic mass is 10.1. The van der Waals surface area contributed by atoms with Gasteiger partial charge in [0.2, 0.25) is 11.8 Å². The molecule has 0 unspecified atom stereocenters. The van der Waals surface area contributed by atoms with Crippen LogP contribution in [-0.2, 0) is 30.3 Å². The Morgan fingerprint density at radius 2 is 2.04 bits per heavy atom. The highest BCUT2D eigenvalue weighted by Crippen LogP contribution is 2.13. The Balaban J connectivity index is 2.01. The van der Waals surface area contributed by atoms with Gasteiger partial charge in [-0.05, 0) is 5.56 Å². The first-order chi connectivity index (χ1) is 11.2. The van der Waals surface area contributed by atoms with Gasteiger partial charge < -0.3 is 24.4 Å². The van der Waals surface area contributed by atoms with E-state index in [-0.39, 0.29) is 31.6 Å². The predicted octanol–water partition coefficient (Wildman–Crippen LogP) is 0.149. The van der Waals surface area contributed by atoms with E-state index in [1.54, 1.807) is 4.90 Å². The molecule has 1 atom stereocenters. The van der Waals surface area contributed by atoms with Crippen LogP contribution in [0.1, 0.15) is 5.56 Å². The largest absolute Gasteiger partial charge is 0.369 e. The quantitative estimate of drug-likeness (QED) is 0.723. The van der Waals surface area contributed by atoms with E-state index in [2.05, 4.69) is 5.32 Å². The molecule has 23 heavy (non-hydrogen) atoms. The van der Waals surface area contributed by atoms with Crippen LogP contribution in [0.3, 0.4) is 0 Å². The van der Waals surface area contributed by atoms with Gasteiger partial charge in [0.1, 0.15) is 12.6 Å². The van der Waals surface area contributed by atoms with Gasteiger partial charge in [0.25, 0.3) is 0 Å². The first kappa shape index (κ1) is 17.4. The molecule has 0 aromatic heterocycles. The summed E-state index contributed by atoms with van der Waals surface area (Å²) in [6.07, 6.45) is -0.526. The number of amides is 2. The Bertz CT molecular complexity index is 518. The van der Waals surface area contributed by atoms with E-state index >= 15 is 0 Å². The van der Waals surface area contributed by atoms with Crippen molar-refractivity contribution in [2.24, 2.45) is 0 Å². The van der Waals surface area contributed by atoms with Gasteiger partial charge in [0.05, 0.1) is 13.2 Å². The molecule has 0 radical (unpaired) electrons. The van der Waals surface area contributed by atoms with Crippen LogP contribution in [0.5, 0.6) is 0 Å². The summed E-state index contributed by atoms with van der Waals surface area (Å²) in [5.74, 6) is -0.483. The van der Waals surface area contributed by atoms with Crippen LogP contribution in [0.2, 0.25) is 0 Å². The number of methoxy groups -OCH3 is 2. The number of carbonyl (C=O) groups excluding carboxylic acids is 2. The zero-order chi connectivity index (χ0) is 16.7. The molecule has 126 valence electrons. The molecule has 1 N–H and O–H groups in total. The van der Waals surface area contributed by atoms with Gasteiger partial charge in [0, 0.05) is 20.8 Å². The smallest absolute Gasteiger partial charge is 0.249 e. The van der Waals surface area contributed by atoms with E-state index in [1.165, 1.54) is 14.2 Å². The Morgan fingerprint density at radius 1 is 1.35 bits per heavy atom. The summed E-state index contributed by atoms with van der Waals surface area (Å²) in [5, 5.41) is 2.73. The molecule has 2 amide bonds. The van der Waals surface area contributed by atoms with E-state index in [0.717, 1.165) is 5.56 Å². The maximum atomic E-state index is 12.4. The number of rotatable bonds is 7. The van der Waals surface area contributed by atoms with Crippen molar-refractivity contribution < 1.29 is 23.8 Å². The van der Waals surface area contributed by atoms with Crippen molar-refractivity contribution in [3.8, 4) is 0 Å². The average Bonchev–Trinajstić information content (AvgIpc) is 2.58. The van der Waals surface area contributed by atoms with E-state index in [9.17, 15) is 9.59 Å². The molecule has 1 aliphatic heterocycles. The van der Waals surface area contributed by atoms with E-state index < -0.39 is 12.3 Å². The third-order valence-corrected chi connectivity index (χ3v) is 3.66. The van der Waals surface area contributed by atoms with E-state index in [4.69, 9.17) is 14.2 Å². The van der Waals surface area contributed by atoms with Crippen LogP contribution >= 0.6 is 0 Å². The van der Waals surface area contributed by atoms with Gasteiger partial charge in [-0.3, -0.25) is 9.59 Å². The molecule has 1 heterocycles. The topological polar surface area (TPSA) is 77.1 Å². The number of nitrogens with zero attached hydrogens (tertiary/aromatic N) is 1. The second kappa shape index (κ2) is 8.61. The molecule has 1 aromatic carbocycles. The highest BCUT2D eigenvalue weighted by Gasteiger charge is 2.34. The summed E-state index contributed by atoms with van der Waals surface area (Å²) in [6.45, 7) is 0.749. The summed E-state index contributed by atoms with van der Waals surface area (Å²) in [4.78, 5) is 26.1. The molecule has 0 bridgehead atoms. The lowest BCUT2D eigenvalue weighted by molar-refractivity contribution is -0.156. The van der Waals surface area contributed by atoms with Gasteiger partial charge in [-0.25, -0.2) is 0 Å². The van der Waals surface area contributed by atoms with Crippen LogP contribution in [0.15, 0.2) is 30.3 Å². The van der Waals surface area contributed by atoms with Crippen molar-refractivity contribution in [2.75, 3.05) is 34.0 Å². The molecule has 0 aliphatic carbocycles. The van der Waals surface area contributed by atoms with Gasteiger partial charge in [-0.15, -0.1) is 0 Å². The highest BCUT2D eigenvalue weighted by molar-refractivity contribution is 5.89. The first-order valence-corrected chi connectivity index (χ1v) is 7.40. The highest BCUT2D eigenvalue weighted by atomic mass is 16.7. The summed E-state index contributed by atoms with van der Waals surface area (Å²) in [6, 6.07) is 8.89. The second-order valence-corrected chi connectivity index (χ2v) is 5.18. The van der Waals surface area contributed by atoms with Gasteiger partial charge in [0.15, 0.2) is 6.29 Å². The molecule has 0 saturated carbocycles. The average molecular weight is 322 g/mol. The van der Waals surface area contributed by atoms with Crippen molar-refractivity contribution >= 4 is 11.8 Å². The number of carbonyl (C=O) groups is 2. The molecule has 7 heteroatoms. The number of hydrogen-bond donors (Lipinski definition) is 1. The fourth-order valence-corrected chi connectivity index (χ4v) is 2.36. The lowest BCUT2D eigenvalue weighted by Crippen LogP contribution is -2.56. The number of ether oxygens (including phenoxy) is 3. The van der Waals surface area contributed by atoms with Gasteiger partial charge in [-0.1, -0.05) is 30.3 Å². The standard InChI is InChI=1S/C16H22N2O5/c1-21-15(22-2)8-17-16(20)13-10-23-11-14(19)18(13)9-12-6-4-3-5-7-12/h3-7,13,15H,8-11H2,1-2H3,(H,17,20)/t13-/m1/s1. The Hall–Kier alpha value is -1.96. The predicted molar refractivity (Wildman–Crippen MR) is 82.4 cm³/mol. The van der Waals surface area contributed by atoms with E-state index in [1.807, 2.05) is 30.3 Å². The normalized spacial score (nSPS) is 18.3. The Kier molecular flexibility index (Phi) is 6.52. The minimum absolute atomic E-state index is 0.00458. The minimum atomic E-state index is -0.661. The first-order valence-electron chi connectivity index (χ1n) is 7.40. The number of benzene rings is 1. The van der Waals surface area contributed by atoms with E-state index in [0.29, 0.717) is 6.54 Å². The third-order valence-electron chi connectivity index (χ3n) is 3.66. The fourth-order valence-electron chi connectivity index (χ4n) is 2.36. The van der Waals surface area contributed by atoms with Gasteiger partial charge in [-0.2, -0.15) is 0 Å².